The number of rotatable bonds is 11. The van der Waals surface area contributed by atoms with E-state index >= 15 is 0 Å². The van der Waals surface area contributed by atoms with Gasteiger partial charge in [-0.1, -0.05) is 12.1 Å². The summed E-state index contributed by atoms with van der Waals surface area (Å²) in [5, 5.41) is 0. The lowest BCUT2D eigenvalue weighted by Gasteiger charge is -2.28. The van der Waals surface area contributed by atoms with Crippen LogP contribution in [0.25, 0.3) is 0 Å². The molecule has 0 amide bonds. The van der Waals surface area contributed by atoms with Crippen LogP contribution in [0.1, 0.15) is 26.3 Å². The predicted octanol–water partition coefficient (Wildman–Crippen LogP) is 3.29. The Bertz CT molecular complexity index is 422. The lowest BCUT2D eigenvalue weighted by Crippen LogP contribution is -2.46. The smallest absolute Gasteiger partial charge is 0.493 e. The van der Waals surface area contributed by atoms with Gasteiger partial charge in [0.1, 0.15) is 0 Å². The summed E-state index contributed by atoms with van der Waals surface area (Å²) in [6.45, 7) is 7.65. The van der Waals surface area contributed by atoms with Crippen LogP contribution in [0.2, 0.25) is 6.04 Å². The van der Waals surface area contributed by atoms with Gasteiger partial charge in [0.25, 0.3) is 0 Å². The van der Waals surface area contributed by atoms with Gasteiger partial charge < -0.3 is 22.8 Å². The molecule has 0 aliphatic rings. The number of hydrogen-bond acceptors (Lipinski definition) is 5. The zero-order valence-corrected chi connectivity index (χ0v) is 15.3. The molecule has 1 aromatic carbocycles. The summed E-state index contributed by atoms with van der Waals surface area (Å²) in [5.74, 6) is 1.49. The van der Waals surface area contributed by atoms with Gasteiger partial charge in [0.15, 0.2) is 11.5 Å². The zero-order valence-electron chi connectivity index (χ0n) is 14.3. The highest BCUT2D eigenvalue weighted by molar-refractivity contribution is 6.60. The highest BCUT2D eigenvalue weighted by Crippen LogP contribution is 2.32. The summed E-state index contributed by atoms with van der Waals surface area (Å²) in [7, 11) is 0.655. The summed E-state index contributed by atoms with van der Waals surface area (Å²) in [4.78, 5) is 0. The van der Waals surface area contributed by atoms with Crippen LogP contribution >= 0.6 is 0 Å². The molecule has 0 heterocycles. The highest BCUT2D eigenvalue weighted by atomic mass is 28.4. The third-order valence-electron chi connectivity index (χ3n) is 3.28. The van der Waals surface area contributed by atoms with E-state index in [1.807, 2.05) is 39.0 Å². The SMILES string of the molecule is CCO[Si](CCc1cccc(OC)c1OC)(OCC)OCC. The van der Waals surface area contributed by atoms with Crippen LogP contribution in [0, 0.1) is 0 Å². The van der Waals surface area contributed by atoms with Crippen molar-refractivity contribution in [1.82, 2.24) is 0 Å². The number of para-hydroxylation sites is 1. The topological polar surface area (TPSA) is 46.2 Å². The van der Waals surface area contributed by atoms with Crippen molar-refractivity contribution in [3.05, 3.63) is 23.8 Å². The van der Waals surface area contributed by atoms with Crippen molar-refractivity contribution in [3.63, 3.8) is 0 Å². The van der Waals surface area contributed by atoms with Crippen molar-refractivity contribution in [2.75, 3.05) is 34.0 Å². The maximum Gasteiger partial charge on any atom is 0.501 e. The summed E-state index contributed by atoms with van der Waals surface area (Å²) in [6, 6.07) is 6.60. The second-order valence-corrected chi connectivity index (χ2v) is 7.37. The average molecular weight is 328 g/mol. The minimum Gasteiger partial charge on any atom is -0.493 e. The molecule has 0 saturated heterocycles. The van der Waals surface area contributed by atoms with E-state index in [1.54, 1.807) is 14.2 Å². The lowest BCUT2D eigenvalue weighted by atomic mass is 10.1. The van der Waals surface area contributed by atoms with E-state index in [4.69, 9.17) is 22.8 Å². The molecule has 1 rings (SSSR count). The molecule has 0 N–H and O–H groups in total. The summed E-state index contributed by atoms with van der Waals surface area (Å²) in [6.07, 6.45) is 0.757. The second-order valence-electron chi connectivity index (χ2n) is 4.63. The second kappa shape index (κ2) is 9.84. The Kier molecular flexibility index (Phi) is 8.48. The minimum absolute atomic E-state index is 0.585. The van der Waals surface area contributed by atoms with Crippen molar-refractivity contribution in [2.45, 2.75) is 33.2 Å². The first-order chi connectivity index (χ1) is 10.7. The Morgan fingerprint density at radius 1 is 0.864 bits per heavy atom. The molecule has 126 valence electrons. The van der Waals surface area contributed by atoms with Gasteiger partial charge >= 0.3 is 8.80 Å². The van der Waals surface area contributed by atoms with Crippen LogP contribution in [-0.2, 0) is 19.7 Å². The van der Waals surface area contributed by atoms with Crippen molar-refractivity contribution < 1.29 is 22.8 Å². The molecule has 22 heavy (non-hydrogen) atoms. The van der Waals surface area contributed by atoms with E-state index in [0.717, 1.165) is 23.5 Å². The van der Waals surface area contributed by atoms with E-state index in [-0.39, 0.29) is 0 Å². The fraction of sp³-hybridized carbons (Fsp3) is 0.625. The van der Waals surface area contributed by atoms with Crippen LogP contribution in [0.3, 0.4) is 0 Å². The molecule has 0 spiro atoms. The summed E-state index contributed by atoms with van der Waals surface area (Å²) < 4.78 is 28.5. The van der Waals surface area contributed by atoms with Gasteiger partial charge in [-0.05, 0) is 38.8 Å². The quantitative estimate of drug-likeness (QED) is 0.583. The molecular weight excluding hydrogens is 300 g/mol. The minimum atomic E-state index is -2.64. The normalized spacial score (nSPS) is 11.5. The predicted molar refractivity (Wildman–Crippen MR) is 88.7 cm³/mol. The highest BCUT2D eigenvalue weighted by Gasteiger charge is 2.40. The van der Waals surface area contributed by atoms with E-state index in [1.165, 1.54) is 0 Å². The number of methoxy groups -OCH3 is 2. The maximum atomic E-state index is 5.88. The molecule has 1 aromatic rings. The Morgan fingerprint density at radius 2 is 1.45 bits per heavy atom. The van der Waals surface area contributed by atoms with E-state index in [2.05, 4.69) is 0 Å². The molecule has 0 radical (unpaired) electrons. The standard InChI is InChI=1S/C16H28O5Si/c1-6-19-22(20-7-2,21-8-3)13-12-14-10-9-11-15(17-4)16(14)18-5/h9-11H,6-8,12-13H2,1-5H3. The van der Waals surface area contributed by atoms with Gasteiger partial charge in [-0.2, -0.15) is 0 Å². The van der Waals surface area contributed by atoms with E-state index in [9.17, 15) is 0 Å². The fourth-order valence-electron chi connectivity index (χ4n) is 2.44. The molecule has 0 bridgehead atoms. The molecule has 0 saturated carbocycles. The first-order valence-electron chi connectivity index (χ1n) is 7.78. The van der Waals surface area contributed by atoms with Gasteiger partial charge in [-0.15, -0.1) is 0 Å². The number of ether oxygens (including phenoxy) is 2. The molecule has 0 aliphatic heterocycles. The molecule has 0 aliphatic carbocycles. The van der Waals surface area contributed by atoms with Crippen LogP contribution in [0.5, 0.6) is 11.5 Å². The number of benzene rings is 1. The molecule has 5 nitrogen and oxygen atoms in total. The average Bonchev–Trinajstić information content (AvgIpc) is 2.53. The van der Waals surface area contributed by atoms with Gasteiger partial charge in [0, 0.05) is 25.9 Å². The van der Waals surface area contributed by atoms with Crippen molar-refractivity contribution >= 4 is 8.80 Å². The zero-order chi connectivity index (χ0) is 16.4. The summed E-state index contributed by atoms with van der Waals surface area (Å²) >= 11 is 0. The lowest BCUT2D eigenvalue weighted by molar-refractivity contribution is 0.0714. The van der Waals surface area contributed by atoms with Crippen molar-refractivity contribution in [2.24, 2.45) is 0 Å². The molecule has 0 aromatic heterocycles. The van der Waals surface area contributed by atoms with Gasteiger partial charge in [0.2, 0.25) is 0 Å². The summed E-state index contributed by atoms with van der Waals surface area (Å²) in [5.41, 5.74) is 1.07. The van der Waals surface area contributed by atoms with Crippen LogP contribution in [0.15, 0.2) is 18.2 Å². The molecule has 0 unspecified atom stereocenters. The monoisotopic (exact) mass is 328 g/mol. The van der Waals surface area contributed by atoms with E-state index < -0.39 is 8.80 Å². The van der Waals surface area contributed by atoms with Gasteiger partial charge in [0.05, 0.1) is 14.2 Å². The molecule has 0 fully saturated rings. The largest absolute Gasteiger partial charge is 0.501 e. The van der Waals surface area contributed by atoms with Crippen molar-refractivity contribution in [1.29, 1.82) is 0 Å². The maximum absolute atomic E-state index is 5.88. The molecule has 6 heteroatoms. The Morgan fingerprint density at radius 3 is 1.91 bits per heavy atom. The third-order valence-corrected chi connectivity index (χ3v) is 6.33. The Hall–Kier alpha value is -1.08. The number of hydrogen-bond donors (Lipinski definition) is 0. The first kappa shape index (κ1) is 19.0. The Balaban J connectivity index is 2.92. The van der Waals surface area contributed by atoms with Crippen molar-refractivity contribution in [3.8, 4) is 11.5 Å². The first-order valence-corrected chi connectivity index (χ1v) is 9.71. The van der Waals surface area contributed by atoms with E-state index in [0.29, 0.717) is 25.9 Å². The molecule has 0 atom stereocenters. The van der Waals surface area contributed by atoms with Crippen LogP contribution < -0.4 is 9.47 Å². The number of aryl methyl sites for hydroxylation is 1. The van der Waals surface area contributed by atoms with Gasteiger partial charge in [-0.3, -0.25) is 0 Å². The van der Waals surface area contributed by atoms with Gasteiger partial charge in [-0.25, -0.2) is 0 Å². The fourth-order valence-corrected chi connectivity index (χ4v) is 5.02. The van der Waals surface area contributed by atoms with Crippen LogP contribution in [0.4, 0.5) is 0 Å². The third kappa shape index (κ3) is 4.98. The Labute approximate surface area is 134 Å². The van der Waals surface area contributed by atoms with Crippen LogP contribution in [-0.4, -0.2) is 42.8 Å². The molecular formula is C16H28O5Si.